The van der Waals surface area contributed by atoms with Crippen molar-refractivity contribution in [3.63, 3.8) is 0 Å². The maximum absolute atomic E-state index is 8.82. The van der Waals surface area contributed by atoms with E-state index in [0.717, 1.165) is 17.9 Å². The zero-order valence-electron chi connectivity index (χ0n) is 9.85. The number of hydrazone groups is 1. The molecular formula is C12H15N5. The average Bonchev–Trinajstić information content (AvgIpc) is 2.38. The Morgan fingerprint density at radius 2 is 2.24 bits per heavy atom. The lowest BCUT2D eigenvalue weighted by Gasteiger charge is -2.14. The summed E-state index contributed by atoms with van der Waals surface area (Å²) in [6.45, 7) is 8.33. The molecule has 0 heterocycles. The minimum absolute atomic E-state index is 0.593. The quantitative estimate of drug-likeness (QED) is 0.598. The minimum atomic E-state index is 0.593. The van der Waals surface area contributed by atoms with Crippen LogP contribution in [0.4, 0.5) is 11.4 Å². The predicted molar refractivity (Wildman–Crippen MR) is 71.0 cm³/mol. The molecule has 0 fully saturated rings. The van der Waals surface area contributed by atoms with Crippen molar-refractivity contribution in [2.24, 2.45) is 10.1 Å². The van der Waals surface area contributed by atoms with Gasteiger partial charge >= 0.3 is 0 Å². The highest BCUT2D eigenvalue weighted by atomic mass is 15.4. The van der Waals surface area contributed by atoms with Crippen LogP contribution in [0.2, 0.25) is 0 Å². The average molecular weight is 229 g/mol. The summed E-state index contributed by atoms with van der Waals surface area (Å²) in [6, 6.07) is 7.33. The Morgan fingerprint density at radius 3 is 2.82 bits per heavy atom. The summed E-state index contributed by atoms with van der Waals surface area (Å²) >= 11 is 0. The molecule has 0 aliphatic heterocycles. The summed E-state index contributed by atoms with van der Waals surface area (Å²) < 4.78 is 0. The van der Waals surface area contributed by atoms with E-state index in [-0.39, 0.29) is 0 Å². The highest BCUT2D eigenvalue weighted by Crippen LogP contribution is 2.25. The van der Waals surface area contributed by atoms with E-state index in [4.69, 9.17) is 5.26 Å². The second-order valence-electron chi connectivity index (χ2n) is 3.45. The van der Waals surface area contributed by atoms with Crippen LogP contribution in [0.5, 0.6) is 0 Å². The SMILES string of the molecule is C=Nc1ccc(C#N)cc1NCCN(C)N=C. The largest absolute Gasteiger partial charge is 0.381 e. The molecule has 0 saturated heterocycles. The second-order valence-corrected chi connectivity index (χ2v) is 3.45. The summed E-state index contributed by atoms with van der Waals surface area (Å²) in [5.41, 5.74) is 2.13. The van der Waals surface area contributed by atoms with Crippen LogP contribution in [0, 0.1) is 11.3 Å². The smallest absolute Gasteiger partial charge is 0.0992 e. The first-order valence-electron chi connectivity index (χ1n) is 5.13. The van der Waals surface area contributed by atoms with Gasteiger partial charge in [0, 0.05) is 20.3 Å². The van der Waals surface area contributed by atoms with Gasteiger partial charge in [-0.25, -0.2) is 0 Å². The summed E-state index contributed by atoms with van der Waals surface area (Å²) in [5.74, 6) is 0. The molecule has 0 spiro atoms. The van der Waals surface area contributed by atoms with Gasteiger partial charge in [-0.2, -0.15) is 10.4 Å². The highest BCUT2D eigenvalue weighted by Gasteiger charge is 2.02. The molecule has 0 aromatic heterocycles. The van der Waals surface area contributed by atoms with Gasteiger partial charge in [0.2, 0.25) is 0 Å². The number of likely N-dealkylation sites (N-methyl/N-ethyl adjacent to an activating group) is 1. The van der Waals surface area contributed by atoms with E-state index in [2.05, 4.69) is 34.9 Å². The Morgan fingerprint density at radius 1 is 1.47 bits per heavy atom. The molecule has 0 aliphatic rings. The van der Waals surface area contributed by atoms with E-state index in [9.17, 15) is 0 Å². The predicted octanol–water partition coefficient (Wildman–Crippen LogP) is 1.85. The van der Waals surface area contributed by atoms with Gasteiger partial charge < -0.3 is 5.32 Å². The molecule has 0 unspecified atom stereocenters. The van der Waals surface area contributed by atoms with Crippen LogP contribution in [0.1, 0.15) is 5.56 Å². The van der Waals surface area contributed by atoms with Gasteiger partial charge in [-0.1, -0.05) is 0 Å². The minimum Gasteiger partial charge on any atom is -0.381 e. The maximum atomic E-state index is 8.82. The number of nitriles is 1. The molecule has 0 amide bonds. The third-order valence-corrected chi connectivity index (χ3v) is 2.29. The molecule has 1 aromatic rings. The second kappa shape index (κ2) is 6.28. The van der Waals surface area contributed by atoms with Crippen LogP contribution in [0.15, 0.2) is 28.3 Å². The van der Waals surface area contributed by atoms with E-state index in [0.29, 0.717) is 12.1 Å². The zero-order valence-corrected chi connectivity index (χ0v) is 9.85. The number of nitrogens with zero attached hydrogens (tertiary/aromatic N) is 4. The number of hydrogen-bond acceptors (Lipinski definition) is 5. The van der Waals surface area contributed by atoms with Crippen LogP contribution in [0.3, 0.4) is 0 Å². The van der Waals surface area contributed by atoms with Gasteiger partial charge in [0.25, 0.3) is 0 Å². The van der Waals surface area contributed by atoms with Gasteiger partial charge in [0.15, 0.2) is 0 Å². The third kappa shape index (κ3) is 3.61. The van der Waals surface area contributed by atoms with Crippen molar-refractivity contribution in [3.05, 3.63) is 23.8 Å². The van der Waals surface area contributed by atoms with Gasteiger partial charge in [0.05, 0.1) is 29.6 Å². The normalized spacial score (nSPS) is 9.18. The zero-order chi connectivity index (χ0) is 12.7. The van der Waals surface area contributed by atoms with Gasteiger partial charge in [0.1, 0.15) is 0 Å². The van der Waals surface area contributed by atoms with Gasteiger partial charge in [-0.05, 0) is 24.9 Å². The topological polar surface area (TPSA) is 63.8 Å². The lowest BCUT2D eigenvalue weighted by Crippen LogP contribution is -2.19. The van der Waals surface area contributed by atoms with Crippen molar-refractivity contribution in [2.45, 2.75) is 0 Å². The Kier molecular flexibility index (Phi) is 4.70. The molecule has 1 N–H and O–H groups in total. The van der Waals surface area contributed by atoms with E-state index in [1.165, 1.54) is 0 Å². The van der Waals surface area contributed by atoms with Crippen molar-refractivity contribution in [1.82, 2.24) is 5.01 Å². The summed E-state index contributed by atoms with van der Waals surface area (Å²) in [4.78, 5) is 3.89. The molecule has 1 rings (SSSR count). The fraction of sp³-hybridized carbons (Fsp3) is 0.250. The number of nitrogens with one attached hydrogen (secondary N) is 1. The van der Waals surface area contributed by atoms with E-state index in [1.807, 2.05) is 7.05 Å². The van der Waals surface area contributed by atoms with Gasteiger partial charge in [-0.15, -0.1) is 0 Å². The molecule has 1 aromatic carbocycles. The Bertz CT molecular complexity index is 447. The monoisotopic (exact) mass is 229 g/mol. The van der Waals surface area contributed by atoms with Gasteiger partial charge in [-0.3, -0.25) is 10.0 Å². The van der Waals surface area contributed by atoms with Crippen LogP contribution in [-0.2, 0) is 0 Å². The van der Waals surface area contributed by atoms with E-state index >= 15 is 0 Å². The number of benzene rings is 1. The first-order chi connectivity index (χ1) is 8.21. The molecule has 88 valence electrons. The molecule has 0 bridgehead atoms. The van der Waals surface area contributed by atoms with Crippen molar-refractivity contribution in [2.75, 3.05) is 25.5 Å². The van der Waals surface area contributed by atoms with E-state index in [1.54, 1.807) is 23.2 Å². The number of rotatable bonds is 6. The third-order valence-electron chi connectivity index (χ3n) is 2.29. The molecule has 0 radical (unpaired) electrons. The molecule has 0 aliphatic carbocycles. The first-order valence-corrected chi connectivity index (χ1v) is 5.13. The number of hydrogen-bond donors (Lipinski definition) is 1. The lowest BCUT2D eigenvalue weighted by molar-refractivity contribution is 0.372. The Labute approximate surface area is 101 Å². The number of anilines is 1. The highest BCUT2D eigenvalue weighted by molar-refractivity contribution is 5.69. The van der Waals surface area contributed by atoms with Crippen LogP contribution in [-0.4, -0.2) is 38.6 Å². The molecule has 5 heteroatoms. The first kappa shape index (κ1) is 12.7. The summed E-state index contributed by atoms with van der Waals surface area (Å²) in [5, 5.41) is 17.5. The van der Waals surface area contributed by atoms with Crippen molar-refractivity contribution in [1.29, 1.82) is 5.26 Å². The number of aliphatic imine (C=N–C) groups is 1. The molecule has 17 heavy (non-hydrogen) atoms. The standard InChI is InChI=1S/C12H15N5/c1-14-11-5-4-10(9-13)8-12(11)16-6-7-17(3)15-2/h4-5,8,16H,1-2,6-7H2,3H3. The summed E-state index contributed by atoms with van der Waals surface area (Å²) in [7, 11) is 1.84. The van der Waals surface area contributed by atoms with Crippen LogP contribution >= 0.6 is 0 Å². The lowest BCUT2D eigenvalue weighted by atomic mass is 10.2. The molecule has 5 nitrogen and oxygen atoms in total. The Hall–Kier alpha value is -2.35. The fourth-order valence-electron chi connectivity index (χ4n) is 1.31. The van der Waals surface area contributed by atoms with E-state index < -0.39 is 0 Å². The molecule has 0 saturated carbocycles. The van der Waals surface area contributed by atoms with Crippen molar-refractivity contribution < 1.29 is 0 Å². The Balaban J connectivity index is 2.71. The molecule has 0 atom stereocenters. The fourth-order valence-corrected chi connectivity index (χ4v) is 1.31. The van der Waals surface area contributed by atoms with Crippen molar-refractivity contribution in [3.8, 4) is 6.07 Å². The molecular weight excluding hydrogens is 214 g/mol. The van der Waals surface area contributed by atoms with Crippen LogP contribution in [0.25, 0.3) is 0 Å². The maximum Gasteiger partial charge on any atom is 0.0992 e. The van der Waals surface area contributed by atoms with Crippen molar-refractivity contribution >= 4 is 24.8 Å². The summed E-state index contributed by atoms with van der Waals surface area (Å²) in [6.07, 6.45) is 0. The van der Waals surface area contributed by atoms with Crippen LogP contribution < -0.4 is 5.32 Å².